The molecule has 4 aromatic rings. The third-order valence-electron chi connectivity index (χ3n) is 5.56. The molecule has 0 unspecified atom stereocenters. The predicted molar refractivity (Wildman–Crippen MR) is 125 cm³/mol. The molecule has 160 valence electrons. The Morgan fingerprint density at radius 3 is 2.66 bits per heavy atom. The Morgan fingerprint density at radius 2 is 1.88 bits per heavy atom. The first kappa shape index (κ1) is 19.9. The maximum absolute atomic E-state index is 12.7. The molecular weight excluding hydrogens is 402 g/mol. The number of benzene rings is 1. The van der Waals surface area contributed by atoms with Crippen LogP contribution in [0.4, 0.5) is 16.3 Å². The highest BCUT2D eigenvalue weighted by Gasteiger charge is 2.24. The average Bonchev–Trinajstić information content (AvgIpc) is 2.84. The summed E-state index contributed by atoms with van der Waals surface area (Å²) in [4.78, 5) is 34.6. The number of aromatic nitrogens is 4. The molecule has 2 amide bonds. The Morgan fingerprint density at radius 1 is 1.00 bits per heavy atom. The smallest absolute Gasteiger partial charge is 0.321 e. The fourth-order valence-corrected chi connectivity index (χ4v) is 3.88. The number of pyridine rings is 2. The summed E-state index contributed by atoms with van der Waals surface area (Å²) in [7, 11) is 0. The molecule has 0 spiro atoms. The number of amides is 2. The van der Waals surface area contributed by atoms with Gasteiger partial charge in [0, 0.05) is 49.8 Å². The molecule has 4 heterocycles. The summed E-state index contributed by atoms with van der Waals surface area (Å²) in [6.07, 6.45) is 5.11. The van der Waals surface area contributed by atoms with Crippen molar-refractivity contribution < 1.29 is 4.79 Å². The highest BCUT2D eigenvalue weighted by molar-refractivity contribution is 5.90. The van der Waals surface area contributed by atoms with E-state index in [4.69, 9.17) is 4.98 Å². The molecule has 8 heteroatoms. The van der Waals surface area contributed by atoms with Crippen LogP contribution < -0.4 is 10.2 Å². The number of urea groups is 1. The van der Waals surface area contributed by atoms with Crippen molar-refractivity contribution in [1.29, 1.82) is 0 Å². The van der Waals surface area contributed by atoms with Crippen molar-refractivity contribution in [3.05, 3.63) is 72.8 Å². The zero-order chi connectivity index (χ0) is 21.9. The van der Waals surface area contributed by atoms with Gasteiger partial charge in [0.2, 0.25) is 0 Å². The number of nitrogens with zero attached hydrogens (tertiary/aromatic N) is 6. The number of carbonyl (C=O) groups is 1. The first-order valence-electron chi connectivity index (χ1n) is 10.6. The van der Waals surface area contributed by atoms with Crippen LogP contribution in [0.5, 0.6) is 0 Å². The van der Waals surface area contributed by atoms with Crippen LogP contribution in [0.2, 0.25) is 0 Å². The van der Waals surface area contributed by atoms with Gasteiger partial charge in [0.1, 0.15) is 11.8 Å². The van der Waals surface area contributed by atoms with Crippen LogP contribution >= 0.6 is 0 Å². The molecule has 1 aliphatic heterocycles. The molecule has 0 saturated carbocycles. The van der Waals surface area contributed by atoms with Crippen LogP contribution in [0.15, 0.2) is 67.3 Å². The Balaban J connectivity index is 1.33. The van der Waals surface area contributed by atoms with Gasteiger partial charge < -0.3 is 15.1 Å². The molecule has 1 aliphatic rings. The molecule has 1 fully saturated rings. The van der Waals surface area contributed by atoms with Gasteiger partial charge in [-0.2, -0.15) is 0 Å². The molecule has 0 radical (unpaired) electrons. The number of nitrogens with one attached hydrogen (secondary N) is 1. The maximum Gasteiger partial charge on any atom is 0.321 e. The highest BCUT2D eigenvalue weighted by atomic mass is 16.2. The molecule has 0 atom stereocenters. The molecule has 1 N–H and O–H groups in total. The van der Waals surface area contributed by atoms with E-state index < -0.39 is 0 Å². The van der Waals surface area contributed by atoms with Gasteiger partial charge in [0.25, 0.3) is 0 Å². The van der Waals surface area contributed by atoms with Crippen LogP contribution in [-0.4, -0.2) is 57.0 Å². The lowest BCUT2D eigenvalue weighted by Crippen LogP contribution is -2.50. The predicted octanol–water partition coefficient (Wildman–Crippen LogP) is 3.75. The Bertz CT molecular complexity index is 1250. The molecular formula is C24H23N7O. The summed E-state index contributed by atoms with van der Waals surface area (Å²) in [6, 6.07) is 15.5. The van der Waals surface area contributed by atoms with Crippen LogP contribution in [-0.2, 0) is 0 Å². The number of fused-ring (bicyclic) bond motifs is 1. The summed E-state index contributed by atoms with van der Waals surface area (Å²) in [5.74, 6) is 0.791. The number of hydrogen-bond donors (Lipinski definition) is 1. The molecule has 3 aromatic heterocycles. The summed E-state index contributed by atoms with van der Waals surface area (Å²) in [5.41, 5.74) is 5.25. The zero-order valence-electron chi connectivity index (χ0n) is 17.8. The second kappa shape index (κ2) is 8.58. The van der Waals surface area contributed by atoms with Crippen molar-refractivity contribution in [1.82, 2.24) is 24.8 Å². The lowest BCUT2D eigenvalue weighted by Gasteiger charge is -2.35. The molecule has 1 saturated heterocycles. The van der Waals surface area contributed by atoms with Gasteiger partial charge >= 0.3 is 6.03 Å². The third-order valence-corrected chi connectivity index (χ3v) is 5.56. The fourth-order valence-electron chi connectivity index (χ4n) is 3.88. The van der Waals surface area contributed by atoms with Crippen LogP contribution in [0, 0.1) is 6.92 Å². The van der Waals surface area contributed by atoms with E-state index in [2.05, 4.69) is 25.2 Å². The SMILES string of the molecule is Cc1cccc(NC(=O)N2CCN(c3ncnc4ccc(-c5cccnc5)nc34)CC2)c1. The average molecular weight is 425 g/mol. The van der Waals surface area contributed by atoms with Gasteiger partial charge in [0.05, 0.1) is 11.2 Å². The fraction of sp³-hybridized carbons (Fsp3) is 0.208. The monoisotopic (exact) mass is 425 g/mol. The van der Waals surface area contributed by atoms with Gasteiger partial charge in [-0.1, -0.05) is 12.1 Å². The van der Waals surface area contributed by atoms with E-state index in [9.17, 15) is 4.79 Å². The van der Waals surface area contributed by atoms with Gasteiger partial charge in [-0.05, 0) is 48.9 Å². The molecule has 1 aromatic carbocycles. The first-order valence-corrected chi connectivity index (χ1v) is 10.6. The lowest BCUT2D eigenvalue weighted by atomic mass is 10.2. The van der Waals surface area contributed by atoms with Gasteiger partial charge in [-0.25, -0.2) is 19.7 Å². The standard InChI is InChI=1S/C24H23N7O/c1-17-4-2-6-19(14-17)28-24(32)31-12-10-30(11-13-31)23-22-21(26-16-27-23)8-7-20(29-22)18-5-3-9-25-15-18/h2-9,14-16H,10-13H2,1H3,(H,28,32). The Labute approximate surface area is 186 Å². The minimum atomic E-state index is -0.0835. The normalized spacial score (nSPS) is 13.9. The molecule has 32 heavy (non-hydrogen) atoms. The van der Waals surface area contributed by atoms with E-state index in [1.54, 1.807) is 18.7 Å². The largest absolute Gasteiger partial charge is 0.351 e. The first-order chi connectivity index (χ1) is 15.7. The maximum atomic E-state index is 12.7. The second-order valence-electron chi connectivity index (χ2n) is 7.78. The van der Waals surface area contributed by atoms with Crippen molar-refractivity contribution in [3.8, 4) is 11.3 Å². The van der Waals surface area contributed by atoms with Crippen molar-refractivity contribution in [2.24, 2.45) is 0 Å². The number of hydrogen-bond acceptors (Lipinski definition) is 6. The van der Waals surface area contributed by atoms with Crippen LogP contribution in [0.25, 0.3) is 22.3 Å². The van der Waals surface area contributed by atoms with E-state index in [-0.39, 0.29) is 6.03 Å². The zero-order valence-corrected chi connectivity index (χ0v) is 17.8. The second-order valence-corrected chi connectivity index (χ2v) is 7.78. The number of carbonyl (C=O) groups excluding carboxylic acids is 1. The van der Waals surface area contributed by atoms with Gasteiger partial charge in [-0.3, -0.25) is 4.98 Å². The quantitative estimate of drug-likeness (QED) is 0.538. The van der Waals surface area contributed by atoms with E-state index in [0.29, 0.717) is 26.2 Å². The van der Waals surface area contributed by atoms with Gasteiger partial charge in [0.15, 0.2) is 5.82 Å². The van der Waals surface area contributed by atoms with Crippen molar-refractivity contribution in [3.63, 3.8) is 0 Å². The minimum absolute atomic E-state index is 0.0835. The molecule has 0 bridgehead atoms. The Hall–Kier alpha value is -4.07. The molecule has 0 aliphatic carbocycles. The van der Waals surface area contributed by atoms with E-state index in [0.717, 1.165) is 39.4 Å². The van der Waals surface area contributed by atoms with Crippen LogP contribution in [0.3, 0.4) is 0 Å². The summed E-state index contributed by atoms with van der Waals surface area (Å²) in [5, 5.41) is 2.99. The van der Waals surface area contributed by atoms with Crippen LogP contribution in [0.1, 0.15) is 5.56 Å². The van der Waals surface area contributed by atoms with Crippen molar-refractivity contribution in [2.45, 2.75) is 6.92 Å². The summed E-state index contributed by atoms with van der Waals surface area (Å²) in [6.45, 7) is 4.56. The summed E-state index contributed by atoms with van der Waals surface area (Å²) >= 11 is 0. The number of aryl methyl sites for hydroxylation is 1. The van der Waals surface area contributed by atoms with Gasteiger partial charge in [-0.15, -0.1) is 0 Å². The molecule has 8 nitrogen and oxygen atoms in total. The van der Waals surface area contributed by atoms with E-state index in [1.165, 1.54) is 0 Å². The van der Waals surface area contributed by atoms with Crippen molar-refractivity contribution in [2.75, 3.05) is 36.4 Å². The minimum Gasteiger partial charge on any atom is -0.351 e. The van der Waals surface area contributed by atoms with Crippen molar-refractivity contribution >= 4 is 28.6 Å². The highest BCUT2D eigenvalue weighted by Crippen LogP contribution is 2.26. The topological polar surface area (TPSA) is 87.1 Å². The third kappa shape index (κ3) is 4.07. The van der Waals surface area contributed by atoms with E-state index >= 15 is 0 Å². The van der Waals surface area contributed by atoms with E-state index in [1.807, 2.05) is 60.4 Å². The molecule has 5 rings (SSSR count). The number of piperazine rings is 1. The Kier molecular flexibility index (Phi) is 5.33. The lowest BCUT2D eigenvalue weighted by molar-refractivity contribution is 0.208. The number of anilines is 2. The summed E-state index contributed by atoms with van der Waals surface area (Å²) < 4.78 is 0. The number of rotatable bonds is 3.